The van der Waals surface area contributed by atoms with Crippen LogP contribution in [0.1, 0.15) is 41.0 Å². The van der Waals surface area contributed by atoms with Crippen LogP contribution in [0.2, 0.25) is 0 Å². The Bertz CT molecular complexity index is 822. The summed E-state index contributed by atoms with van der Waals surface area (Å²) in [5, 5.41) is 0. The quantitative estimate of drug-likeness (QED) is 0.258. The van der Waals surface area contributed by atoms with E-state index in [1.54, 1.807) is 0 Å². The minimum absolute atomic E-state index is 0.560. The van der Waals surface area contributed by atoms with Gasteiger partial charge >= 0.3 is 28.4 Å². The largest absolute Gasteiger partial charge is 0.780 e. The zero-order chi connectivity index (χ0) is 23.6. The molecule has 1 atom stereocenters. The third-order valence-corrected chi connectivity index (χ3v) is 5.14. The van der Waals surface area contributed by atoms with E-state index in [0.717, 1.165) is 16.2 Å². The fraction of sp³-hybridized carbons (Fsp3) is 0.250. The second kappa shape index (κ2) is 18.2. The van der Waals surface area contributed by atoms with Crippen LogP contribution in [0.5, 0.6) is 0 Å². The first kappa shape index (κ1) is 29.6. The van der Waals surface area contributed by atoms with E-state index in [4.69, 9.17) is 25.3 Å². The molecule has 0 saturated heterocycles. The molecule has 0 fully saturated rings. The summed E-state index contributed by atoms with van der Waals surface area (Å²) in [5.41, 5.74) is 5.59. The summed E-state index contributed by atoms with van der Waals surface area (Å²) in [6.07, 6.45) is 11.6. The Morgan fingerprint density at radius 2 is 1.29 bits per heavy atom. The summed E-state index contributed by atoms with van der Waals surface area (Å²) in [5.74, 6) is 0.560. The van der Waals surface area contributed by atoms with Gasteiger partial charge in [0.05, 0.1) is 0 Å². The van der Waals surface area contributed by atoms with Crippen molar-refractivity contribution in [2.45, 2.75) is 50.8 Å². The van der Waals surface area contributed by atoms with Gasteiger partial charge in [-0.25, -0.2) is 17.2 Å². The van der Waals surface area contributed by atoms with Crippen molar-refractivity contribution in [3.8, 4) is 0 Å². The van der Waals surface area contributed by atoms with Crippen LogP contribution in [0.4, 0.5) is 0 Å². The third-order valence-electron chi connectivity index (χ3n) is 4.59. The summed E-state index contributed by atoms with van der Waals surface area (Å²) in [6.45, 7) is 10.8. The van der Waals surface area contributed by atoms with Gasteiger partial charge in [0.25, 0.3) is 0 Å². The van der Waals surface area contributed by atoms with Crippen LogP contribution in [0, 0.1) is 18.1 Å². The summed E-state index contributed by atoms with van der Waals surface area (Å²) >= 11 is 10.9. The number of hydrogen-bond donors (Lipinski definition) is 0. The number of benzene rings is 2. The van der Waals surface area contributed by atoms with Gasteiger partial charge in [0.15, 0.2) is 0 Å². The van der Waals surface area contributed by atoms with Gasteiger partial charge in [-0.05, 0) is 0 Å². The van der Waals surface area contributed by atoms with Gasteiger partial charge in [-0.15, -0.1) is 20.3 Å². The molecule has 4 rings (SSSR count). The van der Waals surface area contributed by atoms with E-state index in [1.165, 1.54) is 46.5 Å². The maximum absolute atomic E-state index is 4.81. The molecule has 0 aromatic heterocycles. The van der Waals surface area contributed by atoms with E-state index < -0.39 is 0 Å². The first-order chi connectivity index (χ1) is 14.8. The maximum atomic E-state index is 4.81. The molecule has 0 radical (unpaired) electrons. The van der Waals surface area contributed by atoms with Crippen LogP contribution >= 0.6 is 0 Å². The van der Waals surface area contributed by atoms with E-state index in [9.17, 15) is 0 Å². The molecule has 0 N–H and O–H groups in total. The van der Waals surface area contributed by atoms with Crippen molar-refractivity contribution in [3.63, 3.8) is 0 Å². The molecule has 0 nitrogen and oxygen atoms in total. The number of allylic oxidation sites excluding steroid dienone is 8. The van der Waals surface area contributed by atoms with Crippen molar-refractivity contribution in [3.05, 3.63) is 107 Å². The van der Waals surface area contributed by atoms with Crippen LogP contribution in [0.15, 0.2) is 105 Å². The Labute approximate surface area is 216 Å². The Hall–Kier alpha value is -1.41. The molecule has 0 bridgehead atoms. The zero-order valence-electron chi connectivity index (χ0n) is 19.2. The maximum Gasteiger partial charge on any atom is -0.0624 e. The van der Waals surface area contributed by atoms with E-state index in [2.05, 4.69) is 57.1 Å². The minimum Gasteiger partial charge on any atom is -0.780 e. The van der Waals surface area contributed by atoms with Crippen LogP contribution in [0.3, 0.4) is 0 Å². The zero-order valence-corrected chi connectivity index (χ0v) is 23.3. The molecular formula is C28H32S2Zr-2. The Kier molecular flexibility index (Phi) is 17.4. The van der Waals surface area contributed by atoms with Gasteiger partial charge < -0.3 is 25.3 Å². The molecule has 0 amide bonds. The van der Waals surface area contributed by atoms with Crippen molar-refractivity contribution in [1.82, 2.24) is 0 Å². The molecular weight excluding hydrogens is 492 g/mol. The van der Waals surface area contributed by atoms with Gasteiger partial charge in [-0.3, -0.25) is 12.2 Å². The summed E-state index contributed by atoms with van der Waals surface area (Å²) in [6, 6.07) is 19.2. The number of hydrogen-bond acceptors (Lipinski definition) is 2. The molecule has 162 valence electrons. The molecule has 0 aliphatic heterocycles. The average molecular weight is 524 g/mol. The Balaban J connectivity index is 0.000000380. The van der Waals surface area contributed by atoms with Crippen molar-refractivity contribution in [2.75, 3.05) is 0 Å². The van der Waals surface area contributed by atoms with Crippen molar-refractivity contribution in [2.24, 2.45) is 5.92 Å². The molecule has 31 heavy (non-hydrogen) atoms. The first-order valence-corrected chi connectivity index (χ1v) is 12.7. The minimum atomic E-state index is 0.560. The van der Waals surface area contributed by atoms with E-state index >= 15 is 0 Å². The van der Waals surface area contributed by atoms with Crippen LogP contribution in [0.25, 0.3) is 0 Å². The van der Waals surface area contributed by atoms with Gasteiger partial charge in [0.1, 0.15) is 0 Å². The number of rotatable bonds is 0. The first-order valence-electron chi connectivity index (χ1n) is 10.1. The van der Waals surface area contributed by atoms with Crippen LogP contribution in [-0.2, 0) is 49.5 Å². The van der Waals surface area contributed by atoms with Crippen molar-refractivity contribution in [1.29, 1.82) is 0 Å². The average Bonchev–Trinajstić information content (AvgIpc) is 3.34. The third kappa shape index (κ3) is 14.3. The standard InChI is InChI=1S/C9H13.2C6H6S.C6H7.CH2.Zr/c1-6-5-7(2)9(4)8(6)3;2*7-6-4-2-1-3-5-6;1-6-4-2-3-5-6;;/h6H,1-4H3;2*1-5,7H;4-5H,2H2,1H3;1H2;/q-1;;;-1;;+2/p-2. The molecule has 0 spiro atoms. The predicted octanol–water partition coefficient (Wildman–Crippen LogP) is 7.57. The topological polar surface area (TPSA) is 0 Å². The summed E-state index contributed by atoms with van der Waals surface area (Å²) < 4.78 is 3.34. The molecule has 2 aliphatic carbocycles. The monoisotopic (exact) mass is 522 g/mol. The fourth-order valence-electron chi connectivity index (χ4n) is 2.50. The molecule has 2 aromatic rings. The van der Waals surface area contributed by atoms with Crippen molar-refractivity contribution < 1.29 is 24.2 Å². The Morgan fingerprint density at radius 3 is 1.42 bits per heavy atom. The van der Waals surface area contributed by atoms with E-state index in [0.29, 0.717) is 5.92 Å². The van der Waals surface area contributed by atoms with Crippen LogP contribution in [-0.4, -0.2) is 4.21 Å². The van der Waals surface area contributed by atoms with E-state index in [-0.39, 0.29) is 0 Å². The second-order valence-corrected chi connectivity index (χ2v) is 7.87. The van der Waals surface area contributed by atoms with Crippen LogP contribution < -0.4 is 0 Å². The summed E-state index contributed by atoms with van der Waals surface area (Å²) in [4.78, 5) is 1.81. The second-order valence-electron chi connectivity index (χ2n) is 6.93. The predicted molar refractivity (Wildman–Crippen MR) is 137 cm³/mol. The normalized spacial score (nSPS) is 15.5. The van der Waals surface area contributed by atoms with Gasteiger partial charge in [-0.1, -0.05) is 87.4 Å². The Morgan fingerprint density at radius 1 is 0.839 bits per heavy atom. The molecule has 0 saturated carbocycles. The van der Waals surface area contributed by atoms with Crippen molar-refractivity contribution >= 4 is 29.5 Å². The smallest absolute Gasteiger partial charge is 0.0624 e. The molecule has 1 unspecified atom stereocenters. The van der Waals surface area contributed by atoms with E-state index in [1.807, 2.05) is 66.7 Å². The van der Waals surface area contributed by atoms with Gasteiger partial charge in [-0.2, -0.15) is 27.0 Å². The summed E-state index contributed by atoms with van der Waals surface area (Å²) in [7, 11) is 0. The molecule has 2 aliphatic rings. The molecule has 0 heterocycles. The SMILES string of the molecule is CC1=CC[C-]=C1.CC1=[C-]C(C)C(C)=C1C.[CH2]=[Zr+2].[S-]c1ccccc1.[S-]c1ccccc1. The van der Waals surface area contributed by atoms with Gasteiger partial charge in [0, 0.05) is 0 Å². The fourth-order valence-corrected chi connectivity index (χ4v) is 2.82. The molecule has 2 aromatic carbocycles. The molecule has 3 heteroatoms. The van der Waals surface area contributed by atoms with Gasteiger partial charge in [0.2, 0.25) is 0 Å².